The fourth-order valence-corrected chi connectivity index (χ4v) is 4.52. The Labute approximate surface area is 142 Å². The highest BCUT2D eigenvalue weighted by Gasteiger charge is 2.21. The van der Waals surface area contributed by atoms with Gasteiger partial charge < -0.3 is 4.90 Å². The van der Waals surface area contributed by atoms with Gasteiger partial charge in [0.05, 0.1) is 4.90 Å². The number of hydrogen-bond donors (Lipinski definition) is 1. The van der Waals surface area contributed by atoms with E-state index in [4.69, 9.17) is 0 Å². The van der Waals surface area contributed by atoms with E-state index in [0.717, 1.165) is 42.4 Å². The molecule has 124 valence electrons. The summed E-state index contributed by atoms with van der Waals surface area (Å²) in [5.74, 6) is 1.48. The molecule has 2 rings (SSSR count). The first-order chi connectivity index (χ1) is 10.4. The van der Waals surface area contributed by atoms with E-state index in [1.807, 2.05) is 0 Å². The van der Waals surface area contributed by atoms with Gasteiger partial charge in [0.2, 0.25) is 10.0 Å². The van der Waals surface area contributed by atoms with E-state index in [2.05, 4.69) is 39.4 Å². The van der Waals surface area contributed by atoms with Crippen LogP contribution in [0.15, 0.2) is 33.6 Å². The molecule has 4 nitrogen and oxygen atoms in total. The molecule has 1 aliphatic rings. The van der Waals surface area contributed by atoms with E-state index < -0.39 is 10.0 Å². The van der Waals surface area contributed by atoms with Crippen molar-refractivity contribution in [3.63, 3.8) is 0 Å². The molecule has 1 aromatic carbocycles. The molecule has 0 aliphatic carbocycles. The molecule has 1 heterocycles. The van der Waals surface area contributed by atoms with Crippen molar-refractivity contribution in [1.82, 2.24) is 9.62 Å². The van der Waals surface area contributed by atoms with Crippen LogP contribution in [0.5, 0.6) is 0 Å². The maximum absolute atomic E-state index is 12.2. The summed E-state index contributed by atoms with van der Waals surface area (Å²) in [6, 6.07) is 6.71. The van der Waals surface area contributed by atoms with E-state index in [9.17, 15) is 8.42 Å². The average molecular weight is 389 g/mol. The number of likely N-dealkylation sites (tertiary alicyclic amines) is 1. The summed E-state index contributed by atoms with van der Waals surface area (Å²) in [4.78, 5) is 2.77. The van der Waals surface area contributed by atoms with Crippen molar-refractivity contribution in [2.24, 2.45) is 11.8 Å². The number of nitrogens with zero attached hydrogens (tertiary/aromatic N) is 1. The number of hydrogen-bond acceptors (Lipinski definition) is 3. The van der Waals surface area contributed by atoms with Crippen LogP contribution >= 0.6 is 15.9 Å². The molecule has 0 bridgehead atoms. The van der Waals surface area contributed by atoms with Crippen LogP contribution in [0.3, 0.4) is 0 Å². The molecule has 1 aliphatic heterocycles. The Bertz CT molecular complexity index is 564. The van der Waals surface area contributed by atoms with Gasteiger partial charge in [0, 0.05) is 24.1 Å². The molecule has 22 heavy (non-hydrogen) atoms. The van der Waals surface area contributed by atoms with Gasteiger partial charge >= 0.3 is 0 Å². The van der Waals surface area contributed by atoms with E-state index in [-0.39, 0.29) is 0 Å². The van der Waals surface area contributed by atoms with E-state index in [0.29, 0.717) is 11.4 Å². The summed E-state index contributed by atoms with van der Waals surface area (Å²) >= 11 is 3.31. The van der Waals surface area contributed by atoms with Crippen molar-refractivity contribution < 1.29 is 8.42 Å². The van der Waals surface area contributed by atoms with Gasteiger partial charge in [-0.1, -0.05) is 29.8 Å². The lowest BCUT2D eigenvalue weighted by Crippen LogP contribution is -2.40. The van der Waals surface area contributed by atoms with Crippen LogP contribution in [0.2, 0.25) is 0 Å². The third kappa shape index (κ3) is 5.33. The quantitative estimate of drug-likeness (QED) is 0.761. The maximum atomic E-state index is 12.2. The predicted molar refractivity (Wildman–Crippen MR) is 93.3 cm³/mol. The minimum Gasteiger partial charge on any atom is -0.303 e. The first kappa shape index (κ1) is 17.9. The van der Waals surface area contributed by atoms with Crippen LogP contribution in [0.25, 0.3) is 0 Å². The van der Waals surface area contributed by atoms with Crippen molar-refractivity contribution in [1.29, 1.82) is 0 Å². The molecule has 2 atom stereocenters. The van der Waals surface area contributed by atoms with Gasteiger partial charge in [-0.2, -0.15) is 0 Å². The van der Waals surface area contributed by atoms with Crippen LogP contribution in [0.1, 0.15) is 26.7 Å². The number of benzene rings is 1. The van der Waals surface area contributed by atoms with Crippen molar-refractivity contribution in [2.75, 3.05) is 26.2 Å². The zero-order chi connectivity index (χ0) is 16.2. The van der Waals surface area contributed by atoms with Crippen molar-refractivity contribution in [3.05, 3.63) is 28.7 Å². The van der Waals surface area contributed by atoms with Gasteiger partial charge in [0.25, 0.3) is 0 Å². The predicted octanol–water partition coefficient (Wildman–Crippen LogP) is 3.10. The highest BCUT2D eigenvalue weighted by molar-refractivity contribution is 9.10. The topological polar surface area (TPSA) is 49.4 Å². The van der Waals surface area contributed by atoms with E-state index in [1.54, 1.807) is 24.3 Å². The van der Waals surface area contributed by atoms with Crippen molar-refractivity contribution in [2.45, 2.75) is 31.6 Å². The molecule has 1 saturated heterocycles. The van der Waals surface area contributed by atoms with E-state index in [1.165, 1.54) is 6.42 Å². The van der Waals surface area contributed by atoms with Crippen LogP contribution in [0.4, 0.5) is 0 Å². The maximum Gasteiger partial charge on any atom is 0.240 e. The minimum absolute atomic E-state index is 0.316. The second-order valence-corrected chi connectivity index (χ2v) is 9.09. The number of piperidine rings is 1. The van der Waals surface area contributed by atoms with Crippen molar-refractivity contribution in [3.8, 4) is 0 Å². The normalized spacial score (nSPS) is 23.6. The molecular weight excluding hydrogens is 364 g/mol. The Kier molecular flexibility index (Phi) is 6.44. The standard InChI is InChI=1S/C16H25BrN2O2S/c1-13-10-14(2)12-19(11-13)9-3-8-18-22(20,21)16-6-4-15(17)5-7-16/h4-7,13-14,18H,3,8-12H2,1-2H3/t13-,14-/m0/s1. The summed E-state index contributed by atoms with van der Waals surface area (Å²) < 4.78 is 27.9. The van der Waals surface area contributed by atoms with Crippen LogP contribution in [-0.4, -0.2) is 39.5 Å². The summed E-state index contributed by atoms with van der Waals surface area (Å²) in [6.07, 6.45) is 2.14. The molecule has 0 unspecified atom stereocenters. The van der Waals surface area contributed by atoms with Gasteiger partial charge in [-0.25, -0.2) is 13.1 Å². The monoisotopic (exact) mass is 388 g/mol. The lowest BCUT2D eigenvalue weighted by Gasteiger charge is -2.34. The molecule has 0 radical (unpaired) electrons. The molecule has 0 saturated carbocycles. The molecule has 0 spiro atoms. The zero-order valence-electron chi connectivity index (χ0n) is 13.3. The number of halogens is 1. The van der Waals surface area contributed by atoms with E-state index >= 15 is 0 Å². The van der Waals surface area contributed by atoms with Crippen LogP contribution < -0.4 is 4.72 Å². The first-order valence-corrected chi connectivity index (χ1v) is 10.1. The van der Waals surface area contributed by atoms with Crippen LogP contribution in [0, 0.1) is 11.8 Å². The summed E-state index contributed by atoms with van der Waals surface area (Å²) in [5.41, 5.74) is 0. The molecule has 1 N–H and O–H groups in total. The lowest BCUT2D eigenvalue weighted by atomic mass is 9.92. The Balaban J connectivity index is 1.77. The van der Waals surface area contributed by atoms with Gasteiger partial charge in [-0.05, 0) is 55.5 Å². The van der Waals surface area contributed by atoms with Gasteiger partial charge in [0.15, 0.2) is 0 Å². The zero-order valence-corrected chi connectivity index (χ0v) is 15.7. The first-order valence-electron chi connectivity index (χ1n) is 7.84. The largest absolute Gasteiger partial charge is 0.303 e. The molecule has 6 heteroatoms. The third-order valence-corrected chi connectivity index (χ3v) is 6.02. The lowest BCUT2D eigenvalue weighted by molar-refractivity contribution is 0.140. The second-order valence-electron chi connectivity index (χ2n) is 6.41. The van der Waals surface area contributed by atoms with Crippen molar-refractivity contribution >= 4 is 26.0 Å². The van der Waals surface area contributed by atoms with Gasteiger partial charge in [-0.3, -0.25) is 0 Å². The Morgan fingerprint density at radius 2 is 1.77 bits per heavy atom. The molecular formula is C16H25BrN2O2S. The van der Waals surface area contributed by atoms with Gasteiger partial charge in [-0.15, -0.1) is 0 Å². The number of sulfonamides is 1. The molecule has 1 aromatic rings. The molecule has 1 fully saturated rings. The fourth-order valence-electron chi connectivity index (χ4n) is 3.18. The van der Waals surface area contributed by atoms with Gasteiger partial charge in [0.1, 0.15) is 0 Å². The fraction of sp³-hybridized carbons (Fsp3) is 0.625. The number of rotatable bonds is 6. The smallest absolute Gasteiger partial charge is 0.240 e. The Morgan fingerprint density at radius 3 is 2.36 bits per heavy atom. The Hall–Kier alpha value is -0.430. The minimum atomic E-state index is -3.39. The Morgan fingerprint density at radius 1 is 1.18 bits per heavy atom. The SMILES string of the molecule is C[C@H]1C[C@H](C)CN(CCCNS(=O)(=O)c2ccc(Br)cc2)C1. The molecule has 0 aromatic heterocycles. The second kappa shape index (κ2) is 7.90. The summed E-state index contributed by atoms with van der Waals surface area (Å²) in [6.45, 7) is 8.28. The summed E-state index contributed by atoms with van der Waals surface area (Å²) in [7, 11) is -3.39. The average Bonchev–Trinajstić information content (AvgIpc) is 2.43. The van der Waals surface area contributed by atoms with Crippen LogP contribution in [-0.2, 0) is 10.0 Å². The highest BCUT2D eigenvalue weighted by atomic mass is 79.9. The highest BCUT2D eigenvalue weighted by Crippen LogP contribution is 2.20. The molecule has 0 amide bonds. The third-order valence-electron chi connectivity index (χ3n) is 4.01. The number of nitrogens with one attached hydrogen (secondary N) is 1. The summed E-state index contributed by atoms with van der Waals surface area (Å²) in [5, 5.41) is 0.